The second-order valence-corrected chi connectivity index (χ2v) is 6.27. The number of sulfonamides is 1. The molecule has 2 aromatic carbocycles. The van der Waals surface area contributed by atoms with Crippen LogP contribution >= 0.6 is 0 Å². The van der Waals surface area contributed by atoms with Crippen LogP contribution in [0.25, 0.3) is 0 Å². The van der Waals surface area contributed by atoms with Crippen molar-refractivity contribution in [2.75, 3.05) is 18.5 Å². The first-order valence-electron chi connectivity index (χ1n) is 6.71. The quantitative estimate of drug-likeness (QED) is 0.444. The molecule has 2 aromatic rings. The van der Waals surface area contributed by atoms with Crippen molar-refractivity contribution in [2.45, 2.75) is 4.90 Å². The van der Waals surface area contributed by atoms with Crippen molar-refractivity contribution in [2.24, 2.45) is 5.14 Å². The Morgan fingerprint density at radius 2 is 1.88 bits per heavy atom. The van der Waals surface area contributed by atoms with E-state index in [1.807, 2.05) is 0 Å². The molecule has 0 aliphatic carbocycles. The van der Waals surface area contributed by atoms with Crippen LogP contribution in [0, 0.1) is 15.9 Å². The van der Waals surface area contributed by atoms with E-state index in [9.17, 15) is 22.9 Å². The van der Waals surface area contributed by atoms with Crippen LogP contribution in [0.4, 0.5) is 15.8 Å². The van der Waals surface area contributed by atoms with Gasteiger partial charge >= 0.3 is 0 Å². The number of benzene rings is 2. The first kappa shape index (κ1) is 17.6. The van der Waals surface area contributed by atoms with Crippen molar-refractivity contribution in [3.63, 3.8) is 0 Å². The maximum Gasteiger partial charge on any atom is 0.293 e. The molecule has 24 heavy (non-hydrogen) atoms. The Bertz CT molecular complexity index is 840. The van der Waals surface area contributed by atoms with Crippen molar-refractivity contribution in [1.82, 2.24) is 0 Å². The summed E-state index contributed by atoms with van der Waals surface area (Å²) in [5.74, 6) is 0.0725. The molecule has 0 saturated heterocycles. The minimum atomic E-state index is -4.03. The van der Waals surface area contributed by atoms with Crippen LogP contribution in [-0.4, -0.2) is 26.5 Å². The fourth-order valence-electron chi connectivity index (χ4n) is 1.87. The molecule has 0 saturated carbocycles. The van der Waals surface area contributed by atoms with Gasteiger partial charge in [0.25, 0.3) is 5.69 Å². The summed E-state index contributed by atoms with van der Waals surface area (Å²) < 4.78 is 40.6. The van der Waals surface area contributed by atoms with Crippen LogP contribution in [0.15, 0.2) is 47.4 Å². The van der Waals surface area contributed by atoms with Crippen molar-refractivity contribution in [3.8, 4) is 5.75 Å². The SMILES string of the molecule is NS(=O)(=O)c1ccc(NCCOc2ccc(F)cc2)c([N+](=O)[O-])c1. The Hall–Kier alpha value is -2.72. The van der Waals surface area contributed by atoms with Crippen molar-refractivity contribution in [1.29, 1.82) is 0 Å². The molecule has 10 heteroatoms. The second-order valence-electron chi connectivity index (χ2n) is 4.71. The number of nitrogens with two attached hydrogens (primary N) is 1. The summed E-state index contributed by atoms with van der Waals surface area (Å²) in [6, 6.07) is 8.73. The van der Waals surface area contributed by atoms with Crippen molar-refractivity contribution >= 4 is 21.4 Å². The van der Waals surface area contributed by atoms with Gasteiger partial charge in [0, 0.05) is 12.6 Å². The van der Waals surface area contributed by atoms with Gasteiger partial charge in [0.2, 0.25) is 10.0 Å². The lowest BCUT2D eigenvalue weighted by molar-refractivity contribution is -0.384. The zero-order chi connectivity index (χ0) is 17.7. The van der Waals surface area contributed by atoms with Gasteiger partial charge in [-0.3, -0.25) is 10.1 Å². The van der Waals surface area contributed by atoms with Gasteiger partial charge in [-0.1, -0.05) is 0 Å². The molecule has 0 spiro atoms. The zero-order valence-electron chi connectivity index (χ0n) is 12.3. The van der Waals surface area contributed by atoms with E-state index in [1.165, 1.54) is 36.4 Å². The highest BCUT2D eigenvalue weighted by molar-refractivity contribution is 7.89. The predicted molar refractivity (Wildman–Crippen MR) is 84.9 cm³/mol. The Kier molecular flexibility index (Phi) is 5.31. The van der Waals surface area contributed by atoms with Gasteiger partial charge in [-0.05, 0) is 36.4 Å². The second kappa shape index (κ2) is 7.23. The van der Waals surface area contributed by atoms with Gasteiger partial charge in [0.05, 0.1) is 9.82 Å². The molecular formula is C14H14FN3O5S. The number of anilines is 1. The molecule has 3 N–H and O–H groups in total. The summed E-state index contributed by atoms with van der Waals surface area (Å²) in [5.41, 5.74) is -0.279. The minimum absolute atomic E-state index is 0.134. The lowest BCUT2D eigenvalue weighted by Gasteiger charge is -2.09. The number of nitrogens with zero attached hydrogens (tertiary/aromatic N) is 1. The Balaban J connectivity index is 2.01. The molecule has 0 fully saturated rings. The van der Waals surface area contributed by atoms with Crippen LogP contribution in [0.5, 0.6) is 5.75 Å². The molecule has 128 valence electrons. The fraction of sp³-hybridized carbons (Fsp3) is 0.143. The predicted octanol–water partition coefficient (Wildman–Crippen LogP) is 1.87. The number of halogens is 1. The molecule has 0 aliphatic heterocycles. The third kappa shape index (κ3) is 4.64. The van der Waals surface area contributed by atoms with Crippen LogP contribution in [0.1, 0.15) is 0 Å². The summed E-state index contributed by atoms with van der Waals surface area (Å²) in [5, 5.41) is 18.8. The standard InChI is InChI=1S/C14H14FN3O5S/c15-10-1-3-11(4-2-10)23-8-7-17-13-6-5-12(24(16,21)22)9-14(13)18(19)20/h1-6,9,17H,7-8H2,(H2,16,21,22). The van der Waals surface area contributed by atoms with Crippen LogP contribution in [0.2, 0.25) is 0 Å². The summed E-state index contributed by atoms with van der Waals surface area (Å²) in [6.45, 7) is 0.382. The van der Waals surface area contributed by atoms with E-state index in [4.69, 9.17) is 9.88 Å². The summed E-state index contributed by atoms with van der Waals surface area (Å²) in [6.07, 6.45) is 0. The number of ether oxygens (including phenoxy) is 1. The van der Waals surface area contributed by atoms with Gasteiger partial charge in [0.15, 0.2) is 0 Å². The zero-order valence-corrected chi connectivity index (χ0v) is 13.1. The number of nitro groups is 1. The van der Waals surface area contributed by atoms with Gasteiger partial charge in [0.1, 0.15) is 23.9 Å². The highest BCUT2D eigenvalue weighted by Gasteiger charge is 2.18. The number of nitrogens with one attached hydrogen (secondary N) is 1. The Morgan fingerprint density at radius 3 is 2.46 bits per heavy atom. The average Bonchev–Trinajstić information content (AvgIpc) is 2.52. The normalized spacial score (nSPS) is 11.1. The summed E-state index contributed by atoms with van der Waals surface area (Å²) in [7, 11) is -4.03. The minimum Gasteiger partial charge on any atom is -0.492 e. The smallest absolute Gasteiger partial charge is 0.293 e. The van der Waals surface area contributed by atoms with Crippen LogP contribution < -0.4 is 15.2 Å². The summed E-state index contributed by atoms with van der Waals surface area (Å²) in [4.78, 5) is 9.99. The third-order valence-corrected chi connectivity index (χ3v) is 3.91. The lowest BCUT2D eigenvalue weighted by Crippen LogP contribution is -2.15. The largest absolute Gasteiger partial charge is 0.492 e. The molecule has 0 heterocycles. The van der Waals surface area contributed by atoms with E-state index in [1.54, 1.807) is 0 Å². The third-order valence-electron chi connectivity index (χ3n) is 2.99. The number of rotatable bonds is 7. The van der Waals surface area contributed by atoms with Gasteiger partial charge in [-0.15, -0.1) is 0 Å². The molecule has 0 amide bonds. The number of hydrogen-bond acceptors (Lipinski definition) is 6. The molecule has 0 unspecified atom stereocenters. The molecule has 0 radical (unpaired) electrons. The van der Waals surface area contributed by atoms with E-state index >= 15 is 0 Å². The van der Waals surface area contributed by atoms with E-state index < -0.39 is 20.6 Å². The first-order chi connectivity index (χ1) is 11.3. The van der Waals surface area contributed by atoms with E-state index in [-0.39, 0.29) is 29.6 Å². The maximum atomic E-state index is 12.7. The Morgan fingerprint density at radius 1 is 1.21 bits per heavy atom. The van der Waals surface area contributed by atoms with Gasteiger partial charge in [-0.2, -0.15) is 0 Å². The maximum absolute atomic E-state index is 12.7. The number of nitro benzene ring substituents is 1. The van der Waals surface area contributed by atoms with Crippen LogP contribution in [0.3, 0.4) is 0 Å². The molecule has 0 aliphatic rings. The molecular weight excluding hydrogens is 341 g/mol. The van der Waals surface area contributed by atoms with E-state index in [2.05, 4.69) is 5.32 Å². The highest BCUT2D eigenvalue weighted by Crippen LogP contribution is 2.27. The highest BCUT2D eigenvalue weighted by atomic mass is 32.2. The summed E-state index contributed by atoms with van der Waals surface area (Å²) >= 11 is 0. The molecule has 0 bridgehead atoms. The van der Waals surface area contributed by atoms with Gasteiger partial charge < -0.3 is 10.1 Å². The van der Waals surface area contributed by atoms with Crippen molar-refractivity contribution in [3.05, 3.63) is 58.4 Å². The number of hydrogen-bond donors (Lipinski definition) is 2. The average molecular weight is 355 g/mol. The molecule has 8 nitrogen and oxygen atoms in total. The van der Waals surface area contributed by atoms with Crippen molar-refractivity contribution < 1.29 is 22.5 Å². The van der Waals surface area contributed by atoms with Crippen LogP contribution in [-0.2, 0) is 10.0 Å². The monoisotopic (exact) mass is 355 g/mol. The first-order valence-corrected chi connectivity index (χ1v) is 8.25. The van der Waals surface area contributed by atoms with E-state index in [0.717, 1.165) is 6.07 Å². The molecule has 2 rings (SSSR count). The topological polar surface area (TPSA) is 125 Å². The lowest BCUT2D eigenvalue weighted by atomic mass is 10.2. The van der Waals surface area contributed by atoms with E-state index in [0.29, 0.717) is 5.75 Å². The fourth-order valence-corrected chi connectivity index (χ4v) is 2.41. The molecule has 0 atom stereocenters. The van der Waals surface area contributed by atoms with Gasteiger partial charge in [-0.25, -0.2) is 17.9 Å². The Labute approximate surface area is 137 Å². The number of primary sulfonamides is 1. The molecule has 0 aromatic heterocycles.